The van der Waals surface area contributed by atoms with Crippen molar-refractivity contribution < 1.29 is 14.1 Å². The van der Waals surface area contributed by atoms with Crippen LogP contribution in [0.25, 0.3) is 10.9 Å². The van der Waals surface area contributed by atoms with Crippen LogP contribution in [0.1, 0.15) is 0 Å². The molecule has 0 aliphatic carbocycles. The smallest absolute Gasteiger partial charge is 0.328 e. The van der Waals surface area contributed by atoms with Crippen molar-refractivity contribution in [1.29, 1.82) is 0 Å². The van der Waals surface area contributed by atoms with E-state index in [9.17, 15) is 19.3 Å². The van der Waals surface area contributed by atoms with Gasteiger partial charge < -0.3 is 9.80 Å². The van der Waals surface area contributed by atoms with Crippen molar-refractivity contribution in [3.63, 3.8) is 0 Å². The Balaban J connectivity index is 1.52. The first-order valence-electron chi connectivity index (χ1n) is 8.59. The summed E-state index contributed by atoms with van der Waals surface area (Å²) in [6.45, 7) is 1.60. The number of anilines is 1. The summed E-state index contributed by atoms with van der Waals surface area (Å²) in [5, 5.41) is 12.2. The second kappa shape index (κ2) is 6.71. The van der Waals surface area contributed by atoms with Gasteiger partial charge in [-0.2, -0.15) is 0 Å². The first kappa shape index (κ1) is 17.0. The van der Waals surface area contributed by atoms with Gasteiger partial charge in [0, 0.05) is 49.9 Å². The first-order chi connectivity index (χ1) is 13.0. The zero-order valence-electron chi connectivity index (χ0n) is 14.4. The molecule has 27 heavy (non-hydrogen) atoms. The third-order valence-corrected chi connectivity index (χ3v) is 4.83. The molecule has 3 aromatic rings. The van der Waals surface area contributed by atoms with Gasteiger partial charge in [-0.25, -0.2) is 9.18 Å². The number of benzene rings is 2. The Labute approximate surface area is 154 Å². The predicted molar refractivity (Wildman–Crippen MR) is 99.6 cm³/mol. The molecule has 7 nitrogen and oxygen atoms in total. The number of carbonyl (C=O) groups excluding carboxylic acids is 1. The summed E-state index contributed by atoms with van der Waals surface area (Å²) in [6.07, 6.45) is 1.75. The number of hydrogen-bond donors (Lipinski definition) is 0. The van der Waals surface area contributed by atoms with Crippen LogP contribution in [0.2, 0.25) is 0 Å². The van der Waals surface area contributed by atoms with Crippen molar-refractivity contribution in [3.8, 4) is 0 Å². The van der Waals surface area contributed by atoms with Crippen molar-refractivity contribution in [2.45, 2.75) is 0 Å². The lowest BCUT2D eigenvalue weighted by molar-refractivity contribution is -0.384. The van der Waals surface area contributed by atoms with Crippen LogP contribution in [0.15, 0.2) is 54.7 Å². The number of nitrogens with zero attached hydrogens (tertiary/aromatic N) is 4. The molecule has 1 amide bonds. The van der Waals surface area contributed by atoms with Gasteiger partial charge in [-0.1, -0.05) is 18.2 Å². The van der Waals surface area contributed by atoms with E-state index in [4.69, 9.17) is 0 Å². The summed E-state index contributed by atoms with van der Waals surface area (Å²) in [6, 6.07) is 12.8. The molecular weight excluding hydrogens is 351 g/mol. The summed E-state index contributed by atoms with van der Waals surface area (Å²) < 4.78 is 15.2. The minimum atomic E-state index is -0.520. The molecule has 0 unspecified atom stereocenters. The van der Waals surface area contributed by atoms with Gasteiger partial charge in [-0.05, 0) is 18.2 Å². The van der Waals surface area contributed by atoms with Crippen LogP contribution in [0.3, 0.4) is 0 Å². The van der Waals surface area contributed by atoms with E-state index in [0.29, 0.717) is 26.2 Å². The highest BCUT2D eigenvalue weighted by molar-refractivity contribution is 5.91. The van der Waals surface area contributed by atoms with Crippen molar-refractivity contribution in [2.75, 3.05) is 31.1 Å². The summed E-state index contributed by atoms with van der Waals surface area (Å²) >= 11 is 0. The first-order valence-corrected chi connectivity index (χ1v) is 8.59. The minimum absolute atomic E-state index is 0.132. The Morgan fingerprint density at radius 3 is 2.52 bits per heavy atom. The van der Waals surface area contributed by atoms with E-state index in [2.05, 4.69) is 0 Å². The highest BCUT2D eigenvalue weighted by Crippen LogP contribution is 2.30. The number of hydrogen-bond acceptors (Lipinski definition) is 4. The number of piperazine rings is 1. The van der Waals surface area contributed by atoms with Gasteiger partial charge in [0.25, 0.3) is 5.69 Å². The Kier molecular flexibility index (Phi) is 4.23. The molecule has 1 aliphatic rings. The molecule has 0 spiro atoms. The number of nitro groups is 1. The molecule has 138 valence electrons. The Bertz CT molecular complexity index is 1020. The summed E-state index contributed by atoms with van der Waals surface area (Å²) in [5.74, 6) is -0.520. The number of carbonyl (C=O) groups is 1. The van der Waals surface area contributed by atoms with Gasteiger partial charge in [-0.15, -0.1) is 0 Å². The Hall–Kier alpha value is -3.42. The monoisotopic (exact) mass is 368 g/mol. The molecule has 0 atom stereocenters. The summed E-state index contributed by atoms with van der Waals surface area (Å²) in [7, 11) is 0. The van der Waals surface area contributed by atoms with Crippen molar-refractivity contribution in [3.05, 3.63) is 70.7 Å². The summed E-state index contributed by atoms with van der Waals surface area (Å²) in [5.41, 5.74) is 0.955. The lowest BCUT2D eigenvalue weighted by atomic mass is 10.2. The van der Waals surface area contributed by atoms with E-state index in [1.807, 2.05) is 30.3 Å². The number of halogens is 1. The molecule has 1 fully saturated rings. The van der Waals surface area contributed by atoms with Crippen molar-refractivity contribution in [2.24, 2.45) is 0 Å². The van der Waals surface area contributed by atoms with Gasteiger partial charge in [0.2, 0.25) is 0 Å². The summed E-state index contributed by atoms with van der Waals surface area (Å²) in [4.78, 5) is 27.0. The lowest BCUT2D eigenvalue weighted by Gasteiger charge is -2.35. The molecule has 0 radical (unpaired) electrons. The fourth-order valence-electron chi connectivity index (χ4n) is 3.45. The zero-order chi connectivity index (χ0) is 19.0. The number of aromatic nitrogens is 1. The fourth-order valence-corrected chi connectivity index (χ4v) is 3.45. The third-order valence-electron chi connectivity index (χ3n) is 4.83. The maximum atomic E-state index is 13.6. The lowest BCUT2D eigenvalue weighted by Crippen LogP contribution is -2.50. The number of nitro benzene ring substituents is 1. The van der Waals surface area contributed by atoms with Gasteiger partial charge >= 0.3 is 6.03 Å². The van der Waals surface area contributed by atoms with Crippen LogP contribution in [-0.4, -0.2) is 46.6 Å². The maximum absolute atomic E-state index is 13.6. The number of amides is 1. The zero-order valence-corrected chi connectivity index (χ0v) is 14.4. The van der Waals surface area contributed by atoms with Crippen LogP contribution in [0, 0.1) is 15.9 Å². The molecule has 2 heterocycles. The standard InChI is InChI=1S/C19H17FN4O3/c20-15-5-6-17(24(26)27)18(13-15)21-9-11-22(12-10-21)19(25)23-8-7-14-3-1-2-4-16(14)23/h1-8,13H,9-12H2. The van der Waals surface area contributed by atoms with Crippen LogP contribution in [0.4, 0.5) is 20.6 Å². The van der Waals surface area contributed by atoms with E-state index in [1.54, 1.807) is 20.6 Å². The van der Waals surface area contributed by atoms with Crippen LogP contribution in [-0.2, 0) is 0 Å². The van der Waals surface area contributed by atoms with Gasteiger partial charge in [0.05, 0.1) is 10.4 Å². The molecule has 0 bridgehead atoms. The van der Waals surface area contributed by atoms with Crippen LogP contribution in [0.5, 0.6) is 0 Å². The highest BCUT2D eigenvalue weighted by atomic mass is 19.1. The van der Waals surface area contributed by atoms with E-state index in [0.717, 1.165) is 17.0 Å². The Morgan fingerprint density at radius 2 is 1.78 bits per heavy atom. The molecule has 1 aliphatic heterocycles. The largest absolute Gasteiger partial charge is 0.362 e. The predicted octanol–water partition coefficient (Wildman–Crippen LogP) is 3.48. The quantitative estimate of drug-likeness (QED) is 0.513. The molecule has 1 aromatic heterocycles. The maximum Gasteiger partial charge on any atom is 0.328 e. The third kappa shape index (κ3) is 3.10. The van der Waals surface area contributed by atoms with E-state index in [-0.39, 0.29) is 17.4 Å². The Morgan fingerprint density at radius 1 is 1.04 bits per heavy atom. The second-order valence-corrected chi connectivity index (χ2v) is 6.39. The van der Waals surface area contributed by atoms with Crippen molar-refractivity contribution >= 4 is 28.3 Å². The average molecular weight is 368 g/mol. The molecule has 8 heteroatoms. The van der Waals surface area contributed by atoms with E-state index < -0.39 is 10.7 Å². The molecular formula is C19H17FN4O3. The van der Waals surface area contributed by atoms with Gasteiger partial charge in [-0.3, -0.25) is 14.7 Å². The molecule has 4 rings (SSSR count). The molecule has 1 saturated heterocycles. The average Bonchev–Trinajstić information content (AvgIpc) is 3.11. The second-order valence-electron chi connectivity index (χ2n) is 6.39. The fraction of sp³-hybridized carbons (Fsp3) is 0.211. The molecule has 0 N–H and O–H groups in total. The topological polar surface area (TPSA) is 71.6 Å². The normalized spacial score (nSPS) is 14.6. The SMILES string of the molecule is O=C(N1CCN(c2cc(F)ccc2[N+](=O)[O-])CC1)n1ccc2ccccc21. The van der Waals surface area contributed by atoms with Crippen LogP contribution >= 0.6 is 0 Å². The van der Waals surface area contributed by atoms with E-state index in [1.165, 1.54) is 12.1 Å². The van der Waals surface area contributed by atoms with Crippen LogP contribution < -0.4 is 4.90 Å². The molecule has 0 saturated carbocycles. The highest BCUT2D eigenvalue weighted by Gasteiger charge is 2.27. The minimum Gasteiger partial charge on any atom is -0.362 e. The van der Waals surface area contributed by atoms with Crippen molar-refractivity contribution in [1.82, 2.24) is 9.47 Å². The molecule has 2 aromatic carbocycles. The van der Waals surface area contributed by atoms with Gasteiger partial charge in [0.15, 0.2) is 0 Å². The number of para-hydroxylation sites is 1. The van der Waals surface area contributed by atoms with Gasteiger partial charge in [0.1, 0.15) is 11.5 Å². The number of rotatable bonds is 2. The number of fused-ring (bicyclic) bond motifs is 1. The van der Waals surface area contributed by atoms with E-state index >= 15 is 0 Å².